The van der Waals surface area contributed by atoms with Crippen LogP contribution in [0.2, 0.25) is 0 Å². The van der Waals surface area contributed by atoms with Crippen LogP contribution in [0.3, 0.4) is 0 Å². The Balaban J connectivity index is 2.62. The third-order valence-electron chi connectivity index (χ3n) is 3.91. The zero-order chi connectivity index (χ0) is 13.3. The Morgan fingerprint density at radius 1 is 1.06 bits per heavy atom. The molecule has 1 fully saturated rings. The van der Waals surface area contributed by atoms with Crippen LogP contribution in [-0.4, -0.2) is 42.9 Å². The Bertz CT molecular complexity index is 269. The van der Waals surface area contributed by atoms with Crippen molar-refractivity contribution in [3.63, 3.8) is 0 Å². The van der Waals surface area contributed by atoms with E-state index in [0.717, 1.165) is 25.1 Å². The molecule has 0 atom stereocenters. The van der Waals surface area contributed by atoms with Crippen LogP contribution in [0, 0.1) is 0 Å². The van der Waals surface area contributed by atoms with E-state index in [1.54, 1.807) is 0 Å². The van der Waals surface area contributed by atoms with Crippen molar-refractivity contribution >= 4 is 7.12 Å². The zero-order valence-corrected chi connectivity index (χ0v) is 12.2. The molecular weight excluding hydrogens is 213 g/mol. The van der Waals surface area contributed by atoms with Gasteiger partial charge in [0.2, 0.25) is 0 Å². The maximum absolute atomic E-state index is 5.97. The van der Waals surface area contributed by atoms with E-state index in [-0.39, 0.29) is 18.3 Å². The van der Waals surface area contributed by atoms with Crippen molar-refractivity contribution < 1.29 is 9.31 Å². The number of nitrogens with zero attached hydrogens (tertiary/aromatic N) is 1. The lowest BCUT2D eigenvalue weighted by Crippen LogP contribution is -2.41. The third kappa shape index (κ3) is 3.12. The summed E-state index contributed by atoms with van der Waals surface area (Å²) in [6.45, 7) is 19.6. The van der Waals surface area contributed by atoms with E-state index < -0.39 is 0 Å². The summed E-state index contributed by atoms with van der Waals surface area (Å²) in [7, 11) is -0.277. The molecule has 1 rings (SSSR count). The van der Waals surface area contributed by atoms with Crippen LogP contribution >= 0.6 is 0 Å². The molecule has 98 valence electrons. The zero-order valence-electron chi connectivity index (χ0n) is 12.2. The molecule has 0 spiro atoms. The third-order valence-corrected chi connectivity index (χ3v) is 3.91. The molecule has 1 heterocycles. The van der Waals surface area contributed by atoms with E-state index >= 15 is 0 Å². The van der Waals surface area contributed by atoms with Gasteiger partial charge in [-0.15, -0.1) is 6.58 Å². The number of likely N-dealkylation sites (N-methyl/N-ethyl adjacent to an activating group) is 1. The molecule has 1 aliphatic rings. The topological polar surface area (TPSA) is 21.7 Å². The van der Waals surface area contributed by atoms with Gasteiger partial charge in [0.15, 0.2) is 0 Å². The predicted molar refractivity (Wildman–Crippen MR) is 73.0 cm³/mol. The Labute approximate surface area is 106 Å². The van der Waals surface area contributed by atoms with Crippen molar-refractivity contribution in [3.8, 4) is 0 Å². The van der Waals surface area contributed by atoms with Crippen LogP contribution in [0.15, 0.2) is 12.1 Å². The summed E-state index contributed by atoms with van der Waals surface area (Å²) in [6, 6.07) is 0. The highest BCUT2D eigenvalue weighted by Crippen LogP contribution is 2.38. The molecule has 1 aliphatic heterocycles. The molecule has 17 heavy (non-hydrogen) atoms. The Kier molecular flexibility index (Phi) is 4.45. The van der Waals surface area contributed by atoms with Gasteiger partial charge < -0.3 is 14.2 Å². The fraction of sp³-hybridized carbons (Fsp3) is 0.846. The van der Waals surface area contributed by atoms with Crippen LogP contribution in [-0.2, 0) is 9.31 Å². The van der Waals surface area contributed by atoms with E-state index in [9.17, 15) is 0 Å². The molecule has 0 aromatic heterocycles. The van der Waals surface area contributed by atoms with Gasteiger partial charge in [-0.1, -0.05) is 13.8 Å². The highest BCUT2D eigenvalue weighted by atomic mass is 16.7. The van der Waals surface area contributed by atoms with Gasteiger partial charge in [0.25, 0.3) is 0 Å². The van der Waals surface area contributed by atoms with E-state index in [2.05, 4.69) is 53.0 Å². The maximum Gasteiger partial charge on any atom is 0.491 e. The minimum absolute atomic E-state index is 0.274. The summed E-state index contributed by atoms with van der Waals surface area (Å²) < 4.78 is 11.9. The number of hydrogen-bond donors (Lipinski definition) is 0. The fourth-order valence-electron chi connectivity index (χ4n) is 1.82. The van der Waals surface area contributed by atoms with E-state index in [0.29, 0.717) is 0 Å². The summed E-state index contributed by atoms with van der Waals surface area (Å²) >= 11 is 0. The first-order valence-electron chi connectivity index (χ1n) is 6.49. The van der Waals surface area contributed by atoms with Crippen LogP contribution < -0.4 is 0 Å². The van der Waals surface area contributed by atoms with Crippen molar-refractivity contribution in [1.29, 1.82) is 0 Å². The van der Waals surface area contributed by atoms with E-state index in [1.807, 2.05) is 0 Å². The molecule has 0 aromatic rings. The van der Waals surface area contributed by atoms with Crippen LogP contribution in [0.25, 0.3) is 0 Å². The smallest absolute Gasteiger partial charge is 0.400 e. The Hall–Kier alpha value is -0.315. The highest BCUT2D eigenvalue weighted by molar-refractivity contribution is 6.54. The van der Waals surface area contributed by atoms with Crippen molar-refractivity contribution in [2.45, 2.75) is 52.7 Å². The first kappa shape index (κ1) is 14.7. The van der Waals surface area contributed by atoms with Crippen LogP contribution in [0.4, 0.5) is 0 Å². The number of hydrogen-bond acceptors (Lipinski definition) is 3. The molecule has 0 amide bonds. The van der Waals surface area contributed by atoms with Crippen molar-refractivity contribution in [2.24, 2.45) is 0 Å². The molecule has 0 bridgehead atoms. The van der Waals surface area contributed by atoms with Gasteiger partial charge >= 0.3 is 7.12 Å². The van der Waals surface area contributed by atoms with Crippen LogP contribution in [0.1, 0.15) is 41.5 Å². The normalized spacial score (nSPS) is 22.2. The summed E-state index contributed by atoms with van der Waals surface area (Å²) in [5, 5.41) is 0. The minimum Gasteiger partial charge on any atom is -0.400 e. The lowest BCUT2D eigenvalue weighted by molar-refractivity contribution is 0.00578. The second-order valence-electron chi connectivity index (χ2n) is 5.71. The molecule has 0 N–H and O–H groups in total. The minimum atomic E-state index is -0.277. The molecule has 0 aromatic carbocycles. The average Bonchev–Trinajstić information content (AvgIpc) is 2.44. The lowest BCUT2D eigenvalue weighted by atomic mass is 9.79. The monoisotopic (exact) mass is 239 g/mol. The molecule has 0 radical (unpaired) electrons. The van der Waals surface area contributed by atoms with Gasteiger partial charge in [0.1, 0.15) is 0 Å². The second kappa shape index (κ2) is 5.13. The summed E-state index contributed by atoms with van der Waals surface area (Å²) in [6.07, 6.45) is 0. The molecule has 0 aliphatic carbocycles. The average molecular weight is 239 g/mol. The van der Waals surface area contributed by atoms with Crippen molar-refractivity contribution in [2.75, 3.05) is 19.6 Å². The lowest BCUT2D eigenvalue weighted by Gasteiger charge is -2.32. The first-order valence-corrected chi connectivity index (χ1v) is 6.49. The molecule has 0 unspecified atom stereocenters. The van der Waals surface area contributed by atoms with Gasteiger partial charge in [0.05, 0.1) is 11.2 Å². The largest absolute Gasteiger partial charge is 0.491 e. The molecule has 1 saturated heterocycles. The van der Waals surface area contributed by atoms with Gasteiger partial charge in [-0.3, -0.25) is 0 Å². The standard InChI is InChI=1S/C13H26BNO2/c1-8-15(9-2)10-11(3)14-16-12(4,5)13(6,7)17-14/h3,8-10H2,1-2,4-7H3. The maximum atomic E-state index is 5.97. The van der Waals surface area contributed by atoms with Crippen molar-refractivity contribution in [3.05, 3.63) is 12.1 Å². The summed E-state index contributed by atoms with van der Waals surface area (Å²) in [4.78, 5) is 2.31. The predicted octanol–water partition coefficient (Wildman–Crippen LogP) is 2.52. The van der Waals surface area contributed by atoms with Crippen molar-refractivity contribution in [1.82, 2.24) is 4.90 Å². The Morgan fingerprint density at radius 2 is 1.47 bits per heavy atom. The highest BCUT2D eigenvalue weighted by Gasteiger charge is 2.51. The fourth-order valence-corrected chi connectivity index (χ4v) is 1.82. The van der Waals surface area contributed by atoms with E-state index in [1.165, 1.54) is 0 Å². The Morgan fingerprint density at radius 3 is 1.82 bits per heavy atom. The summed E-state index contributed by atoms with van der Waals surface area (Å²) in [5.41, 5.74) is 0.459. The molecule has 3 nitrogen and oxygen atoms in total. The summed E-state index contributed by atoms with van der Waals surface area (Å²) in [5.74, 6) is 0. The van der Waals surface area contributed by atoms with E-state index in [4.69, 9.17) is 9.31 Å². The van der Waals surface area contributed by atoms with Gasteiger partial charge in [-0.05, 0) is 46.3 Å². The molecule has 4 heteroatoms. The quantitative estimate of drug-likeness (QED) is 0.688. The SMILES string of the molecule is C=C(CN(CC)CC)B1OC(C)(C)C(C)(C)O1. The molecule has 0 saturated carbocycles. The van der Waals surface area contributed by atoms with Crippen LogP contribution in [0.5, 0.6) is 0 Å². The second-order valence-corrected chi connectivity index (χ2v) is 5.71. The van der Waals surface area contributed by atoms with Gasteiger partial charge in [-0.25, -0.2) is 0 Å². The van der Waals surface area contributed by atoms with Gasteiger partial charge in [0, 0.05) is 6.54 Å². The molecular formula is C13H26BNO2. The first-order chi connectivity index (χ1) is 7.73. The number of rotatable bonds is 5. The van der Waals surface area contributed by atoms with Gasteiger partial charge in [-0.2, -0.15) is 0 Å².